The zero-order chi connectivity index (χ0) is 17.5. The van der Waals surface area contributed by atoms with E-state index in [2.05, 4.69) is 10.1 Å². The van der Waals surface area contributed by atoms with Crippen LogP contribution < -0.4 is 10.1 Å². The molecule has 1 N–H and O–H groups in total. The summed E-state index contributed by atoms with van der Waals surface area (Å²) in [6.07, 6.45) is 2.51. The van der Waals surface area contributed by atoms with Crippen molar-refractivity contribution in [3.8, 4) is 5.75 Å². The zero-order valence-corrected chi connectivity index (χ0v) is 12.2. The van der Waals surface area contributed by atoms with Crippen molar-refractivity contribution in [2.24, 2.45) is 0 Å². The second-order valence-electron chi connectivity index (χ2n) is 4.55. The molecular formula is C16H12F2N2O4. The van der Waals surface area contributed by atoms with Crippen molar-refractivity contribution in [1.29, 1.82) is 0 Å². The fourth-order valence-corrected chi connectivity index (χ4v) is 1.86. The van der Waals surface area contributed by atoms with E-state index < -0.39 is 17.4 Å². The number of carbonyl (C=O) groups excluding carboxylic acids is 1. The number of benzene rings is 2. The van der Waals surface area contributed by atoms with Gasteiger partial charge in [-0.3, -0.25) is 14.9 Å². The summed E-state index contributed by atoms with van der Waals surface area (Å²) in [6.45, 7) is -3.01. The number of nitrogens with one attached hydrogen (secondary N) is 1. The van der Waals surface area contributed by atoms with Gasteiger partial charge < -0.3 is 10.1 Å². The molecule has 124 valence electrons. The molecule has 2 aromatic carbocycles. The molecule has 0 saturated carbocycles. The van der Waals surface area contributed by atoms with Gasteiger partial charge in [0.1, 0.15) is 5.75 Å². The average molecular weight is 334 g/mol. The van der Waals surface area contributed by atoms with Crippen LogP contribution in [-0.4, -0.2) is 17.4 Å². The molecule has 2 aromatic rings. The number of nitro groups is 1. The summed E-state index contributed by atoms with van der Waals surface area (Å²) in [5.41, 5.74) is 0.441. The van der Waals surface area contributed by atoms with E-state index in [9.17, 15) is 23.7 Å². The molecule has 0 aliphatic rings. The Morgan fingerprint density at radius 3 is 2.67 bits per heavy atom. The Balaban J connectivity index is 2.08. The SMILES string of the molecule is O=C(C=Cc1cccc([N+](=O)[O-])c1)Nc1ccccc1OC(F)F. The third kappa shape index (κ3) is 4.87. The molecule has 0 aromatic heterocycles. The molecule has 0 saturated heterocycles. The highest BCUT2D eigenvalue weighted by Gasteiger charge is 2.10. The van der Waals surface area contributed by atoms with E-state index in [1.165, 1.54) is 42.5 Å². The Morgan fingerprint density at radius 2 is 1.96 bits per heavy atom. The van der Waals surface area contributed by atoms with E-state index in [0.717, 1.165) is 6.08 Å². The molecular weight excluding hydrogens is 322 g/mol. The van der Waals surface area contributed by atoms with E-state index in [4.69, 9.17) is 0 Å². The first-order chi connectivity index (χ1) is 11.5. The molecule has 8 heteroatoms. The number of rotatable bonds is 6. The summed E-state index contributed by atoms with van der Waals surface area (Å²) in [5.74, 6) is -0.753. The maximum absolute atomic E-state index is 12.3. The Hall–Kier alpha value is -3.29. The Labute approximate surface area is 135 Å². The van der Waals surface area contributed by atoms with Crippen LogP contribution in [0.2, 0.25) is 0 Å². The van der Waals surface area contributed by atoms with Gasteiger partial charge in [0.2, 0.25) is 5.91 Å². The second kappa shape index (κ2) is 7.82. The highest BCUT2D eigenvalue weighted by atomic mass is 19.3. The van der Waals surface area contributed by atoms with Crippen molar-refractivity contribution in [2.45, 2.75) is 6.61 Å². The fraction of sp³-hybridized carbons (Fsp3) is 0.0625. The van der Waals surface area contributed by atoms with E-state index in [1.807, 2.05) is 0 Å². The zero-order valence-electron chi connectivity index (χ0n) is 12.2. The lowest BCUT2D eigenvalue weighted by molar-refractivity contribution is -0.384. The van der Waals surface area contributed by atoms with Crippen molar-refractivity contribution < 1.29 is 23.2 Å². The monoisotopic (exact) mass is 334 g/mol. The molecule has 0 atom stereocenters. The number of anilines is 1. The number of nitrogens with zero attached hydrogens (tertiary/aromatic N) is 1. The van der Waals surface area contributed by atoms with E-state index >= 15 is 0 Å². The van der Waals surface area contributed by atoms with Gasteiger partial charge in [-0.25, -0.2) is 0 Å². The summed E-state index contributed by atoms with van der Waals surface area (Å²) >= 11 is 0. The summed E-state index contributed by atoms with van der Waals surface area (Å²) < 4.78 is 28.9. The van der Waals surface area contributed by atoms with E-state index in [0.29, 0.717) is 5.56 Å². The third-order valence-corrected chi connectivity index (χ3v) is 2.87. The summed E-state index contributed by atoms with van der Waals surface area (Å²) in [4.78, 5) is 22.0. The van der Waals surface area contributed by atoms with Crippen molar-refractivity contribution in [3.63, 3.8) is 0 Å². The molecule has 0 spiro atoms. The van der Waals surface area contributed by atoms with Crippen LogP contribution >= 0.6 is 0 Å². The first kappa shape index (κ1) is 17.1. The number of alkyl halides is 2. The predicted octanol–water partition coefficient (Wildman–Crippen LogP) is 3.85. The summed E-state index contributed by atoms with van der Waals surface area (Å²) in [5, 5.41) is 13.1. The topological polar surface area (TPSA) is 81.5 Å². The highest BCUT2D eigenvalue weighted by Crippen LogP contribution is 2.25. The van der Waals surface area contributed by atoms with Crippen molar-refractivity contribution in [2.75, 3.05) is 5.32 Å². The molecule has 1 amide bonds. The van der Waals surface area contributed by atoms with Crippen LogP contribution in [-0.2, 0) is 4.79 Å². The number of non-ortho nitro benzene ring substituents is 1. The van der Waals surface area contributed by atoms with Gasteiger partial charge in [0, 0.05) is 18.2 Å². The average Bonchev–Trinajstić information content (AvgIpc) is 2.54. The minimum Gasteiger partial charge on any atom is -0.433 e. The molecule has 0 bridgehead atoms. The number of hydrogen-bond acceptors (Lipinski definition) is 4. The third-order valence-electron chi connectivity index (χ3n) is 2.87. The maximum Gasteiger partial charge on any atom is 0.387 e. The van der Waals surface area contributed by atoms with Gasteiger partial charge in [0.15, 0.2) is 0 Å². The number of halogens is 2. The molecule has 0 aliphatic carbocycles. The Morgan fingerprint density at radius 1 is 1.21 bits per heavy atom. The van der Waals surface area contributed by atoms with Crippen molar-refractivity contribution in [1.82, 2.24) is 0 Å². The second-order valence-corrected chi connectivity index (χ2v) is 4.55. The molecule has 0 aliphatic heterocycles. The Kier molecular flexibility index (Phi) is 5.56. The molecule has 24 heavy (non-hydrogen) atoms. The lowest BCUT2D eigenvalue weighted by atomic mass is 10.2. The minimum absolute atomic E-state index is 0.0893. The number of ether oxygens (including phenoxy) is 1. The highest BCUT2D eigenvalue weighted by molar-refractivity contribution is 6.02. The first-order valence-corrected chi connectivity index (χ1v) is 6.73. The van der Waals surface area contributed by atoms with Crippen LogP contribution in [0.1, 0.15) is 5.56 Å². The van der Waals surface area contributed by atoms with Crippen LogP contribution in [0, 0.1) is 10.1 Å². The largest absolute Gasteiger partial charge is 0.433 e. The van der Waals surface area contributed by atoms with Crippen molar-refractivity contribution >= 4 is 23.4 Å². The van der Waals surface area contributed by atoms with Gasteiger partial charge in [-0.2, -0.15) is 8.78 Å². The van der Waals surface area contributed by atoms with Crippen LogP contribution in [0.25, 0.3) is 6.08 Å². The molecule has 0 unspecified atom stereocenters. The number of nitro benzene ring substituents is 1. The molecule has 0 heterocycles. The number of hydrogen-bond donors (Lipinski definition) is 1. The number of para-hydroxylation sites is 2. The fourth-order valence-electron chi connectivity index (χ4n) is 1.86. The summed E-state index contributed by atoms with van der Waals surface area (Å²) in [7, 11) is 0. The van der Waals surface area contributed by atoms with Crippen LogP contribution in [0.3, 0.4) is 0 Å². The molecule has 0 radical (unpaired) electrons. The lowest BCUT2D eigenvalue weighted by Crippen LogP contribution is -2.11. The van der Waals surface area contributed by atoms with Crippen LogP contribution in [0.4, 0.5) is 20.2 Å². The molecule has 0 fully saturated rings. The van der Waals surface area contributed by atoms with Crippen LogP contribution in [0.15, 0.2) is 54.6 Å². The van der Waals surface area contributed by atoms with E-state index in [-0.39, 0.29) is 17.1 Å². The van der Waals surface area contributed by atoms with Gasteiger partial charge >= 0.3 is 6.61 Å². The van der Waals surface area contributed by atoms with Gasteiger partial charge in [-0.15, -0.1) is 0 Å². The van der Waals surface area contributed by atoms with Crippen LogP contribution in [0.5, 0.6) is 5.75 Å². The summed E-state index contributed by atoms with van der Waals surface area (Å²) in [6, 6.07) is 11.5. The number of amides is 1. The quantitative estimate of drug-likeness (QED) is 0.494. The van der Waals surface area contributed by atoms with Gasteiger partial charge in [0.05, 0.1) is 10.6 Å². The van der Waals surface area contributed by atoms with Gasteiger partial charge in [-0.05, 0) is 23.8 Å². The molecule has 2 rings (SSSR count). The first-order valence-electron chi connectivity index (χ1n) is 6.73. The Bertz CT molecular complexity index is 778. The van der Waals surface area contributed by atoms with Gasteiger partial charge in [0.25, 0.3) is 5.69 Å². The minimum atomic E-state index is -3.01. The van der Waals surface area contributed by atoms with Gasteiger partial charge in [-0.1, -0.05) is 24.3 Å². The smallest absolute Gasteiger partial charge is 0.387 e. The van der Waals surface area contributed by atoms with E-state index in [1.54, 1.807) is 12.1 Å². The number of carbonyl (C=O) groups is 1. The lowest BCUT2D eigenvalue weighted by Gasteiger charge is -2.10. The normalized spacial score (nSPS) is 10.8. The standard InChI is InChI=1S/C16H12F2N2O4/c17-16(18)24-14-7-2-1-6-13(14)19-15(21)9-8-11-4-3-5-12(10-11)20(22)23/h1-10,16H,(H,19,21). The predicted molar refractivity (Wildman–Crippen MR) is 83.8 cm³/mol. The van der Waals surface area contributed by atoms with Crippen molar-refractivity contribution in [3.05, 3.63) is 70.3 Å². The molecule has 6 nitrogen and oxygen atoms in total. The maximum atomic E-state index is 12.3.